The van der Waals surface area contributed by atoms with Crippen LogP contribution < -0.4 is 5.32 Å². The number of nitrogens with zero attached hydrogens (tertiary/aromatic N) is 1. The molecule has 6 heteroatoms. The van der Waals surface area contributed by atoms with E-state index in [0.29, 0.717) is 0 Å². The number of nitrogens with one attached hydrogen (secondary N) is 1. The summed E-state index contributed by atoms with van der Waals surface area (Å²) in [5.41, 5.74) is 1.65. The highest BCUT2D eigenvalue weighted by Crippen LogP contribution is 2.42. The summed E-state index contributed by atoms with van der Waals surface area (Å²) >= 11 is 1.51. The number of hydrogen-bond acceptors (Lipinski definition) is 6. The normalized spacial score (nSPS) is 12.1. The van der Waals surface area contributed by atoms with Crippen molar-refractivity contribution in [1.29, 1.82) is 0 Å². The fourth-order valence-corrected chi connectivity index (χ4v) is 3.11. The lowest BCUT2D eigenvalue weighted by molar-refractivity contribution is -0.142. The molecule has 0 fully saturated rings. The third-order valence-corrected chi connectivity index (χ3v) is 4.66. The van der Waals surface area contributed by atoms with E-state index < -0.39 is 5.41 Å². The van der Waals surface area contributed by atoms with E-state index in [0.717, 1.165) is 21.9 Å². The van der Waals surface area contributed by atoms with Gasteiger partial charge in [-0.15, -0.1) is 11.3 Å². The Labute approximate surface area is 153 Å². The van der Waals surface area contributed by atoms with Crippen LogP contribution in [-0.4, -0.2) is 22.7 Å². The van der Waals surface area contributed by atoms with Crippen molar-refractivity contribution in [2.75, 3.05) is 11.9 Å². The number of ether oxygens (including phenoxy) is 1. The van der Waals surface area contributed by atoms with Gasteiger partial charge in [0.25, 0.3) is 0 Å². The predicted octanol–water partition coefficient (Wildman–Crippen LogP) is 4.73. The number of carbonyl (C=O) groups is 1. The molecule has 1 heterocycles. The van der Waals surface area contributed by atoms with Crippen LogP contribution in [0.4, 0.5) is 10.8 Å². The van der Waals surface area contributed by atoms with Gasteiger partial charge >= 0.3 is 5.97 Å². The number of aromatic nitrogens is 1. The molecule has 0 bridgehead atoms. The average molecular weight is 362 g/mol. The molecule has 0 aliphatic heterocycles. The lowest BCUT2D eigenvalue weighted by Gasteiger charge is -2.30. The fourth-order valence-electron chi connectivity index (χ4n) is 2.56. The molecule has 2 N–H and O–H groups in total. The van der Waals surface area contributed by atoms with Crippen molar-refractivity contribution >= 4 is 28.1 Å². The second-order valence-corrected chi connectivity index (χ2v) is 8.69. The number of benzene rings is 1. The van der Waals surface area contributed by atoms with E-state index in [9.17, 15) is 9.90 Å². The molecule has 0 aliphatic carbocycles. The minimum Gasteiger partial charge on any atom is -0.507 e. The van der Waals surface area contributed by atoms with Crippen molar-refractivity contribution in [1.82, 2.24) is 4.98 Å². The molecule has 2 aromatic rings. The summed E-state index contributed by atoms with van der Waals surface area (Å²) in [6.07, 6.45) is 1.74. The largest absolute Gasteiger partial charge is 0.507 e. The third kappa shape index (κ3) is 4.72. The molecule has 0 saturated heterocycles. The van der Waals surface area contributed by atoms with Gasteiger partial charge in [0.1, 0.15) is 12.4 Å². The van der Waals surface area contributed by atoms with Gasteiger partial charge in [0.15, 0.2) is 5.13 Å². The first-order valence-electron chi connectivity index (χ1n) is 8.18. The summed E-state index contributed by atoms with van der Waals surface area (Å²) < 4.78 is 5.21. The van der Waals surface area contributed by atoms with Crippen LogP contribution in [0.25, 0.3) is 0 Å². The molecule has 0 spiro atoms. The number of thiazole rings is 1. The Balaban J connectivity index is 2.51. The van der Waals surface area contributed by atoms with Crippen molar-refractivity contribution < 1.29 is 14.6 Å². The quantitative estimate of drug-likeness (QED) is 0.594. The fraction of sp³-hybridized carbons (Fsp3) is 0.474. The first-order chi connectivity index (χ1) is 11.5. The van der Waals surface area contributed by atoms with Gasteiger partial charge in [-0.1, -0.05) is 34.6 Å². The molecule has 0 amide bonds. The zero-order valence-corrected chi connectivity index (χ0v) is 16.5. The Hall–Kier alpha value is -2.08. The van der Waals surface area contributed by atoms with Crippen LogP contribution in [-0.2, 0) is 20.4 Å². The molecule has 0 atom stereocenters. The van der Waals surface area contributed by atoms with Crippen molar-refractivity contribution in [2.24, 2.45) is 0 Å². The van der Waals surface area contributed by atoms with Crippen molar-refractivity contribution in [2.45, 2.75) is 52.4 Å². The molecule has 2 rings (SSSR count). The number of rotatable bonds is 5. The van der Waals surface area contributed by atoms with E-state index in [4.69, 9.17) is 4.74 Å². The molecule has 25 heavy (non-hydrogen) atoms. The molecule has 5 nitrogen and oxygen atoms in total. The summed E-state index contributed by atoms with van der Waals surface area (Å²) in [6, 6.07) is 3.84. The standard InChI is InChI=1S/C19H26N2O3S/c1-12(22)24-11-19(5,6)15-10-13(21-17-20-7-8-25-17)9-14(16(15)23)18(2,3)4/h7-10,23H,11H2,1-6H3,(H,20,21). The van der Waals surface area contributed by atoms with Crippen LogP contribution in [0.1, 0.15) is 52.7 Å². The number of anilines is 2. The number of aromatic hydroxyl groups is 1. The van der Waals surface area contributed by atoms with E-state index >= 15 is 0 Å². The number of carbonyl (C=O) groups excluding carboxylic acids is 1. The minimum absolute atomic E-state index is 0.195. The van der Waals surface area contributed by atoms with Crippen molar-refractivity contribution in [3.05, 3.63) is 34.8 Å². The maximum absolute atomic E-state index is 11.2. The van der Waals surface area contributed by atoms with E-state index in [1.807, 2.05) is 31.4 Å². The maximum Gasteiger partial charge on any atom is 0.302 e. The molecule has 0 radical (unpaired) electrons. The van der Waals surface area contributed by atoms with E-state index in [1.54, 1.807) is 6.20 Å². The summed E-state index contributed by atoms with van der Waals surface area (Å²) in [5, 5.41) is 16.9. The second kappa shape index (κ2) is 7.04. The van der Waals surface area contributed by atoms with Crippen LogP contribution in [0.3, 0.4) is 0 Å². The van der Waals surface area contributed by atoms with Crippen LogP contribution in [0, 0.1) is 0 Å². The highest BCUT2D eigenvalue weighted by Gasteiger charge is 2.30. The maximum atomic E-state index is 11.2. The monoisotopic (exact) mass is 362 g/mol. The van der Waals surface area contributed by atoms with Crippen LogP contribution in [0.5, 0.6) is 5.75 Å². The first kappa shape index (κ1) is 19.2. The smallest absolute Gasteiger partial charge is 0.302 e. The van der Waals surface area contributed by atoms with Gasteiger partial charge in [-0.05, 0) is 17.5 Å². The Morgan fingerprint density at radius 1 is 1.24 bits per heavy atom. The van der Waals surface area contributed by atoms with Crippen molar-refractivity contribution in [3.8, 4) is 5.75 Å². The summed E-state index contributed by atoms with van der Waals surface area (Å²) in [4.78, 5) is 15.5. The summed E-state index contributed by atoms with van der Waals surface area (Å²) in [5.74, 6) is -0.0879. The minimum atomic E-state index is -0.531. The zero-order valence-electron chi connectivity index (χ0n) is 15.6. The molecule has 0 aliphatic rings. The lowest BCUT2D eigenvalue weighted by atomic mass is 9.78. The van der Waals surface area contributed by atoms with E-state index in [1.165, 1.54) is 18.3 Å². The highest BCUT2D eigenvalue weighted by molar-refractivity contribution is 7.13. The third-order valence-electron chi connectivity index (χ3n) is 3.97. The van der Waals surface area contributed by atoms with Gasteiger partial charge in [0.05, 0.1) is 0 Å². The molecule has 0 unspecified atom stereocenters. The molecule has 136 valence electrons. The first-order valence-corrected chi connectivity index (χ1v) is 9.06. The Morgan fingerprint density at radius 2 is 1.88 bits per heavy atom. The second-order valence-electron chi connectivity index (χ2n) is 7.80. The number of esters is 1. The van der Waals surface area contributed by atoms with E-state index in [-0.39, 0.29) is 23.7 Å². The van der Waals surface area contributed by atoms with Gasteiger partial charge in [-0.2, -0.15) is 0 Å². The predicted molar refractivity (Wildman–Crippen MR) is 102 cm³/mol. The number of phenols is 1. The average Bonchev–Trinajstić information content (AvgIpc) is 2.98. The lowest BCUT2D eigenvalue weighted by Crippen LogP contribution is -2.27. The Bertz CT molecular complexity index is 747. The highest BCUT2D eigenvalue weighted by atomic mass is 32.1. The number of hydrogen-bond donors (Lipinski definition) is 2. The van der Waals surface area contributed by atoms with Crippen LogP contribution in [0.2, 0.25) is 0 Å². The van der Waals surface area contributed by atoms with Gasteiger partial charge < -0.3 is 15.2 Å². The van der Waals surface area contributed by atoms with Gasteiger partial charge in [0, 0.05) is 40.7 Å². The van der Waals surface area contributed by atoms with E-state index in [2.05, 4.69) is 31.1 Å². The Morgan fingerprint density at radius 3 is 2.40 bits per heavy atom. The van der Waals surface area contributed by atoms with Gasteiger partial charge in [0.2, 0.25) is 0 Å². The SMILES string of the molecule is CC(=O)OCC(C)(C)c1cc(Nc2nccs2)cc(C(C)(C)C)c1O. The zero-order chi connectivity index (χ0) is 18.8. The van der Waals surface area contributed by atoms with Gasteiger partial charge in [-0.25, -0.2) is 4.98 Å². The molecule has 0 saturated carbocycles. The molecule has 1 aromatic carbocycles. The Kier molecular flexibility index (Phi) is 5.42. The van der Waals surface area contributed by atoms with Crippen LogP contribution in [0.15, 0.2) is 23.7 Å². The van der Waals surface area contributed by atoms with Gasteiger partial charge in [-0.3, -0.25) is 4.79 Å². The summed E-state index contributed by atoms with van der Waals surface area (Å²) in [6.45, 7) is 11.6. The van der Waals surface area contributed by atoms with Crippen LogP contribution >= 0.6 is 11.3 Å². The summed E-state index contributed by atoms with van der Waals surface area (Å²) in [7, 11) is 0. The molecular formula is C19H26N2O3S. The molecule has 1 aromatic heterocycles. The molecular weight excluding hydrogens is 336 g/mol. The van der Waals surface area contributed by atoms with Crippen molar-refractivity contribution in [3.63, 3.8) is 0 Å². The topological polar surface area (TPSA) is 71.5 Å². The number of phenolic OH excluding ortho intramolecular Hbond substituents is 1.